The number of aromatic nitrogens is 1. The number of pyridine rings is 1. The average Bonchev–Trinajstić information content (AvgIpc) is 2.76. The first kappa shape index (κ1) is 16.9. The molecule has 2 heterocycles. The fraction of sp³-hybridized carbons (Fsp3) is 0. The molecule has 0 saturated carbocycles. The molecule has 0 amide bonds. The van der Waals surface area contributed by atoms with E-state index >= 15 is 0 Å². The Morgan fingerprint density at radius 2 is 1.46 bits per heavy atom. The minimum absolute atomic E-state index is 0.0582. The zero-order valence-electron chi connectivity index (χ0n) is 14.8. The summed E-state index contributed by atoms with van der Waals surface area (Å²) in [5, 5.41) is 1.47. The molecule has 0 spiro atoms. The molecule has 5 aromatic rings. The zero-order valence-corrected chi connectivity index (χ0v) is 16.5. The molecule has 3 aromatic carbocycles. The predicted molar refractivity (Wildman–Crippen MR) is 115 cm³/mol. The molecule has 0 atom stereocenters. The molecule has 0 unspecified atom stereocenters. The second-order valence-corrected chi connectivity index (χ2v) is 8.68. The van der Waals surface area contributed by atoms with Gasteiger partial charge in [-0.15, -0.1) is 0 Å². The molecular weight excluding hydrogens is 413 g/mol. The van der Waals surface area contributed by atoms with Crippen LogP contribution in [0.2, 0.25) is 0 Å². The second-order valence-electron chi connectivity index (χ2n) is 6.41. The fourth-order valence-electron chi connectivity index (χ4n) is 3.23. The Morgan fingerprint density at radius 1 is 0.786 bits per heavy atom. The molecule has 0 aliphatic carbocycles. The summed E-state index contributed by atoms with van der Waals surface area (Å²) in [5.74, 6) is 0.615. The van der Waals surface area contributed by atoms with E-state index in [0.29, 0.717) is 11.1 Å². The molecular formula is C24H15NO2Se. The topological polar surface area (TPSA) is 43.1 Å². The van der Waals surface area contributed by atoms with Gasteiger partial charge in [-0.25, -0.2) is 0 Å². The van der Waals surface area contributed by atoms with Crippen molar-refractivity contribution in [2.24, 2.45) is 0 Å². The van der Waals surface area contributed by atoms with Crippen LogP contribution in [0.4, 0.5) is 0 Å². The Kier molecular flexibility index (Phi) is 4.28. The van der Waals surface area contributed by atoms with E-state index in [1.165, 1.54) is 4.46 Å². The molecule has 134 valence electrons. The van der Waals surface area contributed by atoms with E-state index in [1.807, 2.05) is 78.9 Å². The Balaban J connectivity index is 1.86. The van der Waals surface area contributed by atoms with Crippen LogP contribution in [-0.4, -0.2) is 19.9 Å². The third kappa shape index (κ3) is 3.03. The van der Waals surface area contributed by atoms with Crippen LogP contribution in [0.3, 0.4) is 0 Å². The van der Waals surface area contributed by atoms with Gasteiger partial charge in [-0.2, -0.15) is 0 Å². The van der Waals surface area contributed by atoms with Gasteiger partial charge >= 0.3 is 168 Å². The van der Waals surface area contributed by atoms with Crippen LogP contribution in [0.5, 0.6) is 0 Å². The van der Waals surface area contributed by atoms with Crippen LogP contribution < -0.4 is 14.5 Å². The van der Waals surface area contributed by atoms with Crippen molar-refractivity contribution in [2.45, 2.75) is 0 Å². The summed E-state index contributed by atoms with van der Waals surface area (Å²) in [7, 11) is 0. The Morgan fingerprint density at radius 3 is 2.25 bits per heavy atom. The normalized spacial score (nSPS) is 11.1. The van der Waals surface area contributed by atoms with E-state index in [0.717, 1.165) is 26.4 Å². The SMILES string of the molecule is O=c1oc(-c2ccccc2)c([Se]c2ccccc2)c2nc3ccccc3cc12. The van der Waals surface area contributed by atoms with Gasteiger partial charge in [0.05, 0.1) is 0 Å². The van der Waals surface area contributed by atoms with Crippen molar-refractivity contribution in [1.29, 1.82) is 0 Å². The summed E-state index contributed by atoms with van der Waals surface area (Å²) in [6.07, 6.45) is 0. The molecule has 0 fully saturated rings. The molecule has 2 aromatic heterocycles. The van der Waals surface area contributed by atoms with E-state index in [4.69, 9.17) is 9.40 Å². The van der Waals surface area contributed by atoms with Gasteiger partial charge in [0.25, 0.3) is 0 Å². The maximum atomic E-state index is 12.8. The summed E-state index contributed by atoms with van der Waals surface area (Å²) in [6, 6.07) is 29.8. The molecule has 4 heteroatoms. The number of hydrogen-bond acceptors (Lipinski definition) is 3. The van der Waals surface area contributed by atoms with Crippen molar-refractivity contribution in [3.8, 4) is 11.3 Å². The van der Waals surface area contributed by atoms with Crippen molar-refractivity contribution >= 4 is 45.7 Å². The molecule has 3 nitrogen and oxygen atoms in total. The summed E-state index contributed by atoms with van der Waals surface area (Å²) in [6.45, 7) is 0. The first-order valence-corrected chi connectivity index (χ1v) is 10.7. The van der Waals surface area contributed by atoms with Crippen molar-refractivity contribution in [3.05, 3.63) is 101 Å². The van der Waals surface area contributed by atoms with Crippen LogP contribution in [0.1, 0.15) is 0 Å². The maximum absolute atomic E-state index is 12.8. The van der Waals surface area contributed by atoms with E-state index in [1.54, 1.807) is 0 Å². The van der Waals surface area contributed by atoms with Gasteiger partial charge in [0.2, 0.25) is 0 Å². The number of benzene rings is 3. The Bertz CT molecular complexity index is 1350. The van der Waals surface area contributed by atoms with Gasteiger partial charge < -0.3 is 0 Å². The number of hydrogen-bond donors (Lipinski definition) is 0. The minimum atomic E-state index is -0.347. The van der Waals surface area contributed by atoms with Gasteiger partial charge in [-0.1, -0.05) is 0 Å². The molecule has 0 aliphatic rings. The fourth-order valence-corrected chi connectivity index (χ4v) is 5.39. The Labute approximate surface area is 167 Å². The van der Waals surface area contributed by atoms with Crippen molar-refractivity contribution < 1.29 is 4.42 Å². The number of para-hydroxylation sites is 1. The first-order chi connectivity index (χ1) is 13.8. The third-order valence-corrected chi connectivity index (χ3v) is 6.85. The standard InChI is InChI=1S/C24H15NO2Se/c26-24-19-15-17-11-7-8-14-20(17)25-21(19)23(28-18-12-5-2-6-13-18)22(27-24)16-9-3-1-4-10-16/h1-15H. The summed E-state index contributed by atoms with van der Waals surface area (Å²) >= 11 is -0.0582. The number of fused-ring (bicyclic) bond motifs is 2. The van der Waals surface area contributed by atoms with Crippen LogP contribution >= 0.6 is 0 Å². The zero-order chi connectivity index (χ0) is 18.9. The molecule has 0 bridgehead atoms. The van der Waals surface area contributed by atoms with E-state index < -0.39 is 0 Å². The molecule has 0 N–H and O–H groups in total. The molecule has 28 heavy (non-hydrogen) atoms. The van der Waals surface area contributed by atoms with Gasteiger partial charge in [0, 0.05) is 0 Å². The van der Waals surface area contributed by atoms with Crippen LogP contribution in [-0.2, 0) is 0 Å². The van der Waals surface area contributed by atoms with E-state index in [-0.39, 0.29) is 20.6 Å². The molecule has 0 aliphatic heterocycles. The predicted octanol–water partition coefficient (Wildman–Crippen LogP) is 3.66. The monoisotopic (exact) mass is 429 g/mol. The quantitative estimate of drug-likeness (QED) is 0.326. The van der Waals surface area contributed by atoms with Gasteiger partial charge in [-0.05, 0) is 0 Å². The molecule has 0 saturated heterocycles. The summed E-state index contributed by atoms with van der Waals surface area (Å²) in [4.78, 5) is 17.7. The van der Waals surface area contributed by atoms with Crippen molar-refractivity contribution in [3.63, 3.8) is 0 Å². The Hall–Kier alpha value is -3.20. The first-order valence-electron chi connectivity index (χ1n) is 8.94. The van der Waals surface area contributed by atoms with Crippen LogP contribution in [0.25, 0.3) is 33.1 Å². The summed E-state index contributed by atoms with van der Waals surface area (Å²) < 4.78 is 8.05. The van der Waals surface area contributed by atoms with E-state index in [2.05, 4.69) is 12.1 Å². The third-order valence-electron chi connectivity index (χ3n) is 4.56. The second kappa shape index (κ2) is 7.08. The van der Waals surface area contributed by atoms with Gasteiger partial charge in [0.15, 0.2) is 0 Å². The van der Waals surface area contributed by atoms with Gasteiger partial charge in [-0.3, -0.25) is 0 Å². The molecule has 0 radical (unpaired) electrons. The van der Waals surface area contributed by atoms with Crippen LogP contribution in [0, 0.1) is 0 Å². The van der Waals surface area contributed by atoms with Crippen molar-refractivity contribution in [1.82, 2.24) is 4.98 Å². The average molecular weight is 428 g/mol. The van der Waals surface area contributed by atoms with Gasteiger partial charge in [0.1, 0.15) is 0 Å². The number of nitrogens with zero attached hydrogens (tertiary/aromatic N) is 1. The molecule has 5 rings (SSSR count). The summed E-state index contributed by atoms with van der Waals surface area (Å²) in [5.41, 5.74) is 2.16. The van der Waals surface area contributed by atoms with E-state index in [9.17, 15) is 4.79 Å². The van der Waals surface area contributed by atoms with Crippen LogP contribution in [0.15, 0.2) is 100 Å². The number of rotatable bonds is 3. The van der Waals surface area contributed by atoms with Crippen molar-refractivity contribution in [2.75, 3.05) is 0 Å².